The topological polar surface area (TPSA) is 86.2 Å². The van der Waals surface area contributed by atoms with Crippen molar-refractivity contribution in [2.24, 2.45) is 5.84 Å². The van der Waals surface area contributed by atoms with E-state index in [0.717, 1.165) is 11.3 Å². The van der Waals surface area contributed by atoms with Crippen molar-refractivity contribution in [1.82, 2.24) is 10.1 Å². The molecule has 1 aromatic heterocycles. The van der Waals surface area contributed by atoms with Crippen LogP contribution in [0, 0.1) is 0 Å². The average Bonchev–Trinajstić information content (AvgIpc) is 2.79. The number of rotatable bonds is 4. The van der Waals surface area contributed by atoms with Gasteiger partial charge >= 0.3 is 6.01 Å². The third-order valence-corrected chi connectivity index (χ3v) is 1.98. The molecular weight excluding hydrogens is 208 g/mol. The Labute approximate surface area is 92.4 Å². The summed E-state index contributed by atoms with van der Waals surface area (Å²) in [5, 5.41) is 3.79. The van der Waals surface area contributed by atoms with Crippen molar-refractivity contribution < 1.29 is 9.26 Å². The van der Waals surface area contributed by atoms with Crippen LogP contribution in [0.4, 0.5) is 6.01 Å². The minimum absolute atomic E-state index is 0.168. The maximum absolute atomic E-state index is 5.46. The number of hydrogen-bond donors (Lipinski definition) is 2. The van der Waals surface area contributed by atoms with Gasteiger partial charge in [-0.2, -0.15) is 4.98 Å². The van der Waals surface area contributed by atoms with Gasteiger partial charge < -0.3 is 9.26 Å². The van der Waals surface area contributed by atoms with Crippen LogP contribution in [0.2, 0.25) is 0 Å². The summed E-state index contributed by atoms with van der Waals surface area (Å²) >= 11 is 0. The van der Waals surface area contributed by atoms with Crippen LogP contribution in [0.3, 0.4) is 0 Å². The number of benzene rings is 1. The fourth-order valence-electron chi connectivity index (χ4n) is 1.32. The normalized spacial score (nSPS) is 10.1. The minimum atomic E-state index is 0.168. The van der Waals surface area contributed by atoms with E-state index in [-0.39, 0.29) is 6.01 Å². The SMILES string of the molecule is CCOc1ccccc1-c1noc(NN)n1. The summed E-state index contributed by atoms with van der Waals surface area (Å²) in [5.41, 5.74) is 3.06. The molecule has 0 aliphatic carbocycles. The minimum Gasteiger partial charge on any atom is -0.493 e. The molecule has 84 valence electrons. The van der Waals surface area contributed by atoms with E-state index in [4.69, 9.17) is 15.1 Å². The zero-order valence-electron chi connectivity index (χ0n) is 8.80. The molecule has 0 aliphatic rings. The van der Waals surface area contributed by atoms with Crippen molar-refractivity contribution in [3.8, 4) is 17.1 Å². The van der Waals surface area contributed by atoms with Crippen LogP contribution in [0.25, 0.3) is 11.4 Å². The number of nitrogen functional groups attached to an aromatic ring is 1. The molecule has 1 aromatic carbocycles. The third kappa shape index (κ3) is 1.96. The van der Waals surface area contributed by atoms with E-state index >= 15 is 0 Å². The molecule has 0 atom stereocenters. The van der Waals surface area contributed by atoms with Crippen molar-refractivity contribution in [1.29, 1.82) is 0 Å². The number of nitrogens with one attached hydrogen (secondary N) is 1. The van der Waals surface area contributed by atoms with Gasteiger partial charge in [0.1, 0.15) is 5.75 Å². The molecule has 1 heterocycles. The van der Waals surface area contributed by atoms with Gasteiger partial charge in [-0.3, -0.25) is 5.43 Å². The molecule has 2 rings (SSSR count). The van der Waals surface area contributed by atoms with Gasteiger partial charge in [0, 0.05) is 0 Å². The molecule has 0 amide bonds. The van der Waals surface area contributed by atoms with E-state index in [1.54, 1.807) is 0 Å². The van der Waals surface area contributed by atoms with Crippen LogP contribution < -0.4 is 16.0 Å². The molecule has 0 radical (unpaired) electrons. The van der Waals surface area contributed by atoms with E-state index in [9.17, 15) is 0 Å². The standard InChI is InChI=1S/C10H12N4O2/c1-2-15-8-6-4-3-5-7(8)9-12-10(13-11)16-14-9/h3-6H,2,11H2,1H3,(H,12,13,14). The molecule has 0 spiro atoms. The summed E-state index contributed by atoms with van der Waals surface area (Å²) in [6, 6.07) is 7.64. The molecule has 0 aliphatic heterocycles. The van der Waals surface area contributed by atoms with Crippen molar-refractivity contribution in [3.05, 3.63) is 24.3 Å². The van der Waals surface area contributed by atoms with Gasteiger partial charge in [0.15, 0.2) is 0 Å². The summed E-state index contributed by atoms with van der Waals surface area (Å²) in [4.78, 5) is 4.05. The van der Waals surface area contributed by atoms with Gasteiger partial charge in [-0.25, -0.2) is 5.84 Å². The monoisotopic (exact) mass is 220 g/mol. The Hall–Kier alpha value is -2.08. The summed E-state index contributed by atoms with van der Waals surface area (Å²) in [7, 11) is 0. The molecule has 16 heavy (non-hydrogen) atoms. The van der Waals surface area contributed by atoms with Crippen LogP contribution in [-0.2, 0) is 0 Å². The fraction of sp³-hybridized carbons (Fsp3) is 0.200. The van der Waals surface area contributed by atoms with Gasteiger partial charge in [0.2, 0.25) is 5.82 Å². The lowest BCUT2D eigenvalue weighted by Gasteiger charge is -2.05. The highest BCUT2D eigenvalue weighted by molar-refractivity contribution is 5.64. The number of nitrogens with two attached hydrogens (primary N) is 1. The van der Waals surface area contributed by atoms with E-state index in [1.807, 2.05) is 31.2 Å². The van der Waals surface area contributed by atoms with Crippen molar-refractivity contribution in [3.63, 3.8) is 0 Å². The quantitative estimate of drug-likeness (QED) is 0.598. The number of hydrogen-bond acceptors (Lipinski definition) is 6. The van der Waals surface area contributed by atoms with Crippen LogP contribution in [0.15, 0.2) is 28.8 Å². The largest absolute Gasteiger partial charge is 0.493 e. The molecule has 6 heteroatoms. The Morgan fingerprint density at radius 3 is 2.94 bits per heavy atom. The molecule has 0 saturated heterocycles. The van der Waals surface area contributed by atoms with Crippen molar-refractivity contribution in [2.75, 3.05) is 12.0 Å². The van der Waals surface area contributed by atoms with Crippen LogP contribution in [-0.4, -0.2) is 16.7 Å². The third-order valence-electron chi connectivity index (χ3n) is 1.98. The predicted octanol–water partition coefficient (Wildman–Crippen LogP) is 1.42. The van der Waals surface area contributed by atoms with Crippen LogP contribution >= 0.6 is 0 Å². The molecule has 0 bridgehead atoms. The van der Waals surface area contributed by atoms with Crippen molar-refractivity contribution in [2.45, 2.75) is 6.92 Å². The Balaban J connectivity index is 2.38. The van der Waals surface area contributed by atoms with Gasteiger partial charge in [0.05, 0.1) is 12.2 Å². The van der Waals surface area contributed by atoms with Gasteiger partial charge in [-0.15, -0.1) is 0 Å². The van der Waals surface area contributed by atoms with E-state index in [0.29, 0.717) is 12.4 Å². The lowest BCUT2D eigenvalue weighted by Crippen LogP contribution is -2.06. The number of para-hydroxylation sites is 1. The van der Waals surface area contributed by atoms with Gasteiger partial charge in [-0.05, 0) is 19.1 Å². The first-order chi connectivity index (χ1) is 7.85. The smallest absolute Gasteiger partial charge is 0.335 e. The molecule has 2 aromatic rings. The maximum Gasteiger partial charge on any atom is 0.335 e. The first kappa shape index (κ1) is 10.4. The molecule has 0 unspecified atom stereocenters. The van der Waals surface area contributed by atoms with Gasteiger partial charge in [-0.1, -0.05) is 17.3 Å². The number of nitrogens with zero attached hydrogens (tertiary/aromatic N) is 2. The highest BCUT2D eigenvalue weighted by Gasteiger charge is 2.11. The number of aromatic nitrogens is 2. The zero-order valence-corrected chi connectivity index (χ0v) is 8.80. The second-order valence-corrected chi connectivity index (χ2v) is 3.00. The summed E-state index contributed by atoms with van der Waals surface area (Å²) < 4.78 is 10.3. The lowest BCUT2D eigenvalue weighted by atomic mass is 10.2. The Morgan fingerprint density at radius 2 is 2.25 bits per heavy atom. The molecule has 6 nitrogen and oxygen atoms in total. The predicted molar refractivity (Wildman–Crippen MR) is 58.7 cm³/mol. The highest BCUT2D eigenvalue weighted by atomic mass is 16.5. The van der Waals surface area contributed by atoms with E-state index in [1.165, 1.54) is 0 Å². The maximum atomic E-state index is 5.46. The first-order valence-corrected chi connectivity index (χ1v) is 4.87. The number of ether oxygens (including phenoxy) is 1. The van der Waals surface area contributed by atoms with Gasteiger partial charge in [0.25, 0.3) is 0 Å². The fourth-order valence-corrected chi connectivity index (χ4v) is 1.32. The average molecular weight is 220 g/mol. The molecule has 3 N–H and O–H groups in total. The lowest BCUT2D eigenvalue weighted by molar-refractivity contribution is 0.341. The van der Waals surface area contributed by atoms with Crippen molar-refractivity contribution >= 4 is 6.01 Å². The van der Waals surface area contributed by atoms with Crippen LogP contribution in [0.5, 0.6) is 5.75 Å². The number of anilines is 1. The molecular formula is C10H12N4O2. The highest BCUT2D eigenvalue weighted by Crippen LogP contribution is 2.27. The summed E-state index contributed by atoms with van der Waals surface area (Å²) in [6.45, 7) is 2.50. The van der Waals surface area contributed by atoms with E-state index in [2.05, 4.69) is 15.6 Å². The molecule has 0 saturated carbocycles. The second kappa shape index (κ2) is 4.63. The Kier molecular flexibility index (Phi) is 3.02. The Bertz CT molecular complexity index is 469. The molecule has 0 fully saturated rings. The zero-order chi connectivity index (χ0) is 11.4. The number of hydrazine groups is 1. The van der Waals surface area contributed by atoms with Crippen LogP contribution in [0.1, 0.15) is 6.92 Å². The summed E-state index contributed by atoms with van der Waals surface area (Å²) in [5.74, 6) is 6.32. The second-order valence-electron chi connectivity index (χ2n) is 3.00. The summed E-state index contributed by atoms with van der Waals surface area (Å²) in [6.07, 6.45) is 0. The van der Waals surface area contributed by atoms with E-state index < -0.39 is 0 Å². The first-order valence-electron chi connectivity index (χ1n) is 4.87. The Morgan fingerprint density at radius 1 is 1.44 bits per heavy atom.